The molecule has 0 heterocycles. The van der Waals surface area contributed by atoms with E-state index < -0.39 is 6.04 Å². The lowest BCUT2D eigenvalue weighted by Gasteiger charge is -2.20. The molecule has 136 valence electrons. The van der Waals surface area contributed by atoms with Crippen molar-refractivity contribution in [2.24, 2.45) is 11.7 Å². The number of benzene rings is 1. The van der Waals surface area contributed by atoms with Gasteiger partial charge in [0.15, 0.2) is 11.5 Å². The Morgan fingerprint density at radius 1 is 1.12 bits per heavy atom. The van der Waals surface area contributed by atoms with Crippen molar-refractivity contribution in [2.45, 2.75) is 38.6 Å². The Morgan fingerprint density at radius 2 is 1.83 bits per heavy atom. The topological polar surface area (TPSA) is 80.0 Å². The highest BCUT2D eigenvalue weighted by molar-refractivity contribution is 5.75. The quantitative estimate of drug-likeness (QED) is 0.660. The molecule has 6 heteroatoms. The van der Waals surface area contributed by atoms with Crippen molar-refractivity contribution >= 4 is 5.97 Å². The zero-order valence-corrected chi connectivity index (χ0v) is 15.3. The molecule has 0 aliphatic carbocycles. The Labute approximate surface area is 144 Å². The van der Waals surface area contributed by atoms with Gasteiger partial charge in [-0.3, -0.25) is 4.79 Å². The molecule has 0 radical (unpaired) electrons. The molecule has 0 saturated carbocycles. The van der Waals surface area contributed by atoms with Gasteiger partial charge >= 0.3 is 5.97 Å². The maximum absolute atomic E-state index is 11.5. The summed E-state index contributed by atoms with van der Waals surface area (Å²) >= 11 is 0. The van der Waals surface area contributed by atoms with Crippen LogP contribution in [0.25, 0.3) is 0 Å². The van der Waals surface area contributed by atoms with Crippen molar-refractivity contribution in [1.29, 1.82) is 0 Å². The molecule has 0 aromatic heterocycles. The lowest BCUT2D eigenvalue weighted by Crippen LogP contribution is -2.33. The highest BCUT2D eigenvalue weighted by atomic mass is 16.5. The minimum atomic E-state index is -0.582. The maximum atomic E-state index is 11.5. The predicted molar refractivity (Wildman–Crippen MR) is 92.8 cm³/mol. The fourth-order valence-electron chi connectivity index (χ4n) is 2.77. The first-order valence-corrected chi connectivity index (χ1v) is 8.12. The summed E-state index contributed by atoms with van der Waals surface area (Å²) in [5, 5.41) is 0. The van der Waals surface area contributed by atoms with Crippen LogP contribution in [0, 0.1) is 5.92 Å². The largest absolute Gasteiger partial charge is 0.497 e. The van der Waals surface area contributed by atoms with Crippen LogP contribution >= 0.6 is 0 Å². The zero-order chi connectivity index (χ0) is 18.1. The summed E-state index contributed by atoms with van der Waals surface area (Å²) in [6.07, 6.45) is 3.21. The molecule has 0 spiro atoms. The molecule has 2 atom stereocenters. The van der Waals surface area contributed by atoms with E-state index in [1.165, 1.54) is 7.11 Å². The number of carbonyl (C=O) groups is 1. The number of hydrogen-bond donors (Lipinski definition) is 1. The van der Waals surface area contributed by atoms with Gasteiger partial charge in [0.05, 0.1) is 28.4 Å². The smallest absolute Gasteiger partial charge is 0.322 e. The molecule has 0 amide bonds. The lowest BCUT2D eigenvalue weighted by molar-refractivity contribution is -0.142. The van der Waals surface area contributed by atoms with Crippen molar-refractivity contribution in [2.75, 3.05) is 28.4 Å². The first kappa shape index (κ1) is 20.1. The summed E-state index contributed by atoms with van der Waals surface area (Å²) in [6, 6.07) is 3.17. The van der Waals surface area contributed by atoms with Crippen LogP contribution in [-0.4, -0.2) is 40.5 Å². The van der Waals surface area contributed by atoms with Crippen LogP contribution in [0.1, 0.15) is 31.7 Å². The first-order chi connectivity index (χ1) is 11.5. The van der Waals surface area contributed by atoms with Crippen LogP contribution in [0.3, 0.4) is 0 Å². The van der Waals surface area contributed by atoms with Gasteiger partial charge in [0, 0.05) is 11.6 Å². The van der Waals surface area contributed by atoms with E-state index in [1.54, 1.807) is 27.4 Å². The molecule has 0 saturated heterocycles. The third-order valence-electron chi connectivity index (χ3n) is 4.26. The third-order valence-corrected chi connectivity index (χ3v) is 4.26. The molecule has 1 aromatic rings. The van der Waals surface area contributed by atoms with E-state index in [0.29, 0.717) is 23.8 Å². The number of ether oxygens (including phenoxy) is 4. The van der Waals surface area contributed by atoms with E-state index in [4.69, 9.17) is 24.7 Å². The number of methoxy groups -OCH3 is 4. The highest BCUT2D eigenvalue weighted by Crippen LogP contribution is 2.37. The number of hydrogen-bond acceptors (Lipinski definition) is 6. The normalized spacial score (nSPS) is 13.1. The van der Waals surface area contributed by atoms with E-state index in [1.807, 2.05) is 6.07 Å². The van der Waals surface area contributed by atoms with Crippen LogP contribution < -0.4 is 19.9 Å². The van der Waals surface area contributed by atoms with E-state index in [-0.39, 0.29) is 5.97 Å². The molecule has 0 aliphatic heterocycles. The van der Waals surface area contributed by atoms with E-state index >= 15 is 0 Å². The van der Waals surface area contributed by atoms with Gasteiger partial charge in [-0.05, 0) is 31.2 Å². The minimum absolute atomic E-state index is 0.320. The second-order valence-electron chi connectivity index (χ2n) is 5.70. The summed E-state index contributed by atoms with van der Waals surface area (Å²) in [5.41, 5.74) is 6.89. The predicted octanol–water partition coefficient (Wildman–Crippen LogP) is 2.56. The fourth-order valence-corrected chi connectivity index (χ4v) is 2.77. The van der Waals surface area contributed by atoms with E-state index in [2.05, 4.69) is 6.92 Å². The van der Waals surface area contributed by atoms with E-state index in [0.717, 1.165) is 30.6 Å². The molecule has 6 nitrogen and oxygen atoms in total. The lowest BCUT2D eigenvalue weighted by atomic mass is 9.91. The van der Waals surface area contributed by atoms with Gasteiger partial charge < -0.3 is 24.7 Å². The van der Waals surface area contributed by atoms with Crippen molar-refractivity contribution in [3.05, 3.63) is 17.7 Å². The standard InChI is InChI=1S/C18H29NO5/c1-6-12(9-15(19)18(20)24-5)7-8-13-10-14(21-2)11-16(22-3)17(13)23-4/h10-12,15H,6-9,19H2,1-5H3. The monoisotopic (exact) mass is 339 g/mol. The SMILES string of the molecule is CCC(CCc1cc(OC)cc(OC)c1OC)CC(N)C(=O)OC. The number of nitrogens with two attached hydrogens (primary N) is 1. The maximum Gasteiger partial charge on any atom is 0.322 e. The first-order valence-electron chi connectivity index (χ1n) is 8.12. The number of esters is 1. The summed E-state index contributed by atoms with van der Waals surface area (Å²) in [5.74, 6) is 2.04. The molecule has 1 aromatic carbocycles. The van der Waals surface area contributed by atoms with Crippen molar-refractivity contribution in [1.82, 2.24) is 0 Å². The molecule has 1 rings (SSSR count). The summed E-state index contributed by atoms with van der Waals surface area (Å²) in [4.78, 5) is 11.5. The van der Waals surface area contributed by atoms with E-state index in [9.17, 15) is 4.79 Å². The highest BCUT2D eigenvalue weighted by Gasteiger charge is 2.20. The summed E-state index contributed by atoms with van der Waals surface area (Å²) < 4.78 is 20.9. The van der Waals surface area contributed by atoms with Crippen LogP contribution in [0.2, 0.25) is 0 Å². The average Bonchev–Trinajstić information content (AvgIpc) is 2.62. The molecular formula is C18H29NO5. The van der Waals surface area contributed by atoms with Crippen LogP contribution in [0.5, 0.6) is 17.2 Å². The van der Waals surface area contributed by atoms with Crippen molar-refractivity contribution in [3.8, 4) is 17.2 Å². The molecular weight excluding hydrogens is 310 g/mol. The Kier molecular flexibility index (Phi) is 8.40. The molecule has 0 aliphatic rings. The summed E-state index contributed by atoms with van der Waals surface area (Å²) in [7, 11) is 6.20. The molecule has 0 bridgehead atoms. The minimum Gasteiger partial charge on any atom is -0.497 e. The van der Waals surface area contributed by atoms with Gasteiger partial charge in [0.25, 0.3) is 0 Å². The van der Waals surface area contributed by atoms with Gasteiger partial charge in [-0.25, -0.2) is 0 Å². The van der Waals surface area contributed by atoms with Crippen LogP contribution in [0.15, 0.2) is 12.1 Å². The van der Waals surface area contributed by atoms with Crippen LogP contribution in [-0.2, 0) is 16.0 Å². The van der Waals surface area contributed by atoms with Crippen LogP contribution in [0.4, 0.5) is 0 Å². The van der Waals surface area contributed by atoms with Gasteiger partial charge in [0.1, 0.15) is 11.8 Å². The Hall–Kier alpha value is -1.95. The second kappa shape index (κ2) is 10.0. The van der Waals surface area contributed by atoms with Gasteiger partial charge in [-0.2, -0.15) is 0 Å². The fraction of sp³-hybridized carbons (Fsp3) is 0.611. The molecule has 0 fully saturated rings. The van der Waals surface area contributed by atoms with Gasteiger partial charge in [0.2, 0.25) is 0 Å². The molecule has 24 heavy (non-hydrogen) atoms. The zero-order valence-electron chi connectivity index (χ0n) is 15.3. The van der Waals surface area contributed by atoms with Gasteiger partial charge in [-0.1, -0.05) is 13.3 Å². The number of carbonyl (C=O) groups excluding carboxylic acids is 1. The Bertz CT molecular complexity index is 532. The van der Waals surface area contributed by atoms with Gasteiger partial charge in [-0.15, -0.1) is 0 Å². The van der Waals surface area contributed by atoms with Crippen molar-refractivity contribution < 1.29 is 23.7 Å². The average molecular weight is 339 g/mol. The number of rotatable bonds is 10. The third kappa shape index (κ3) is 5.30. The Balaban J connectivity index is 2.85. The summed E-state index contributed by atoms with van der Waals surface area (Å²) in [6.45, 7) is 2.10. The molecule has 2 N–H and O–H groups in total. The number of aryl methyl sites for hydroxylation is 1. The second-order valence-corrected chi connectivity index (χ2v) is 5.70. The van der Waals surface area contributed by atoms with Crippen molar-refractivity contribution in [3.63, 3.8) is 0 Å². The molecule has 2 unspecified atom stereocenters. The Morgan fingerprint density at radius 3 is 2.33 bits per heavy atom.